The first-order valence-electron chi connectivity index (χ1n) is 13.6. The summed E-state index contributed by atoms with van der Waals surface area (Å²) in [7, 11) is 0. The van der Waals surface area contributed by atoms with Crippen LogP contribution in [0.25, 0.3) is 0 Å². The van der Waals surface area contributed by atoms with Gasteiger partial charge in [0.2, 0.25) is 17.8 Å². The van der Waals surface area contributed by atoms with Crippen molar-refractivity contribution in [3.05, 3.63) is 86.6 Å². The largest absolute Gasteiger partial charge is 0.490 e. The Morgan fingerprint density at radius 1 is 1.05 bits per heavy atom. The Balaban J connectivity index is 1.34. The number of hydrazone groups is 1. The van der Waals surface area contributed by atoms with Crippen LogP contribution in [0.3, 0.4) is 0 Å². The summed E-state index contributed by atoms with van der Waals surface area (Å²) in [6.45, 7) is 6.78. The van der Waals surface area contributed by atoms with Gasteiger partial charge in [0.15, 0.2) is 11.5 Å². The summed E-state index contributed by atoms with van der Waals surface area (Å²) in [6, 6.07) is 15.6. The molecule has 0 radical (unpaired) electrons. The second kappa shape index (κ2) is 14.5. The Bertz CT molecular complexity index is 1600. The van der Waals surface area contributed by atoms with Crippen LogP contribution in [0.2, 0.25) is 5.02 Å². The maximum absolute atomic E-state index is 14.0. The molecule has 1 aromatic heterocycles. The van der Waals surface area contributed by atoms with Gasteiger partial charge >= 0.3 is 0 Å². The fourth-order valence-corrected chi connectivity index (χ4v) is 4.89. The van der Waals surface area contributed by atoms with E-state index >= 15 is 0 Å². The van der Waals surface area contributed by atoms with E-state index < -0.39 is 0 Å². The third-order valence-electron chi connectivity index (χ3n) is 6.40. The van der Waals surface area contributed by atoms with Crippen molar-refractivity contribution in [1.82, 2.24) is 15.0 Å². The zero-order chi connectivity index (χ0) is 30.2. The first kappa shape index (κ1) is 30.5. The molecule has 0 spiro atoms. The fourth-order valence-electron chi connectivity index (χ4n) is 4.17. The van der Waals surface area contributed by atoms with Crippen molar-refractivity contribution in [3.8, 4) is 11.5 Å². The zero-order valence-electron chi connectivity index (χ0n) is 23.6. The van der Waals surface area contributed by atoms with Crippen molar-refractivity contribution in [2.24, 2.45) is 5.10 Å². The predicted octanol–water partition coefficient (Wildman–Crippen LogP) is 6.74. The molecular weight excluding hydrogens is 641 g/mol. The van der Waals surface area contributed by atoms with Crippen LogP contribution < -0.4 is 25.1 Å². The highest BCUT2D eigenvalue weighted by Gasteiger charge is 2.17. The normalized spacial score (nSPS) is 13.3. The minimum absolute atomic E-state index is 0.0777. The third-order valence-corrected chi connectivity index (χ3v) is 7.46. The zero-order valence-corrected chi connectivity index (χ0v) is 26.0. The van der Waals surface area contributed by atoms with E-state index in [1.807, 2.05) is 36.9 Å². The van der Waals surface area contributed by atoms with Crippen molar-refractivity contribution >= 4 is 57.3 Å². The van der Waals surface area contributed by atoms with Crippen LogP contribution in [0, 0.1) is 12.7 Å². The van der Waals surface area contributed by atoms with E-state index in [0.717, 1.165) is 15.6 Å². The van der Waals surface area contributed by atoms with Gasteiger partial charge in [-0.3, -0.25) is 0 Å². The van der Waals surface area contributed by atoms with Gasteiger partial charge in [0, 0.05) is 28.1 Å². The molecule has 224 valence electrons. The van der Waals surface area contributed by atoms with E-state index in [1.165, 1.54) is 6.07 Å². The number of halogens is 3. The number of hydrogen-bond donors (Lipinski definition) is 2. The molecule has 0 amide bonds. The van der Waals surface area contributed by atoms with Crippen molar-refractivity contribution < 1.29 is 18.6 Å². The van der Waals surface area contributed by atoms with E-state index in [9.17, 15) is 4.39 Å². The molecule has 4 aromatic rings. The Hall–Kier alpha value is -4.00. The number of aryl methyl sites for hydroxylation is 1. The van der Waals surface area contributed by atoms with Gasteiger partial charge in [-0.25, -0.2) is 9.82 Å². The Kier molecular flexibility index (Phi) is 10.2. The number of hydrogen-bond acceptors (Lipinski definition) is 10. The quantitative estimate of drug-likeness (QED) is 0.133. The lowest BCUT2D eigenvalue weighted by atomic mass is 10.2. The third kappa shape index (κ3) is 8.09. The van der Waals surface area contributed by atoms with Crippen LogP contribution >= 0.6 is 27.5 Å². The van der Waals surface area contributed by atoms with E-state index in [2.05, 4.69) is 46.7 Å². The van der Waals surface area contributed by atoms with Crippen molar-refractivity contribution in [3.63, 3.8) is 0 Å². The highest BCUT2D eigenvalue weighted by Crippen LogP contribution is 2.32. The standard InChI is InChI=1S/C30H30BrClFN7O3/c1-3-42-27-15-20(8-9-26(27)43-18-21-6-4-5-7-24(21)33)17-34-39-29-36-28(35-25-16-23(32)19(2)14-22(25)31)37-30(38-29)40-10-12-41-13-11-40/h4-9,14-17H,3,10-13,18H2,1-2H3,(H2,35,36,37,38,39)/b34-17+. The molecule has 1 aliphatic rings. The Morgan fingerprint density at radius 2 is 1.84 bits per heavy atom. The number of nitrogens with zero attached hydrogens (tertiary/aromatic N) is 5. The molecule has 2 N–H and O–H groups in total. The molecule has 1 saturated heterocycles. The lowest BCUT2D eigenvalue weighted by Crippen LogP contribution is -2.37. The van der Waals surface area contributed by atoms with Crippen LogP contribution in [0.4, 0.5) is 27.9 Å². The van der Waals surface area contributed by atoms with Crippen molar-refractivity contribution in [2.45, 2.75) is 20.5 Å². The molecule has 43 heavy (non-hydrogen) atoms. The number of rotatable bonds is 11. The smallest absolute Gasteiger partial charge is 0.250 e. The Labute approximate surface area is 262 Å². The van der Waals surface area contributed by atoms with E-state index in [1.54, 1.807) is 36.5 Å². The molecule has 5 rings (SSSR count). The first-order chi connectivity index (χ1) is 20.9. The number of aromatic nitrogens is 3. The molecule has 0 unspecified atom stereocenters. The SMILES string of the molecule is CCOc1cc(/C=N/Nc2nc(Nc3cc(Cl)c(C)cc3Br)nc(N3CCOCC3)n2)ccc1OCc1ccccc1F. The van der Waals surface area contributed by atoms with Gasteiger partial charge in [-0.2, -0.15) is 20.1 Å². The number of nitrogens with one attached hydrogen (secondary N) is 2. The first-order valence-corrected chi connectivity index (χ1v) is 14.8. The van der Waals surface area contributed by atoms with Crippen LogP contribution in [0.5, 0.6) is 11.5 Å². The Morgan fingerprint density at radius 3 is 2.63 bits per heavy atom. The maximum Gasteiger partial charge on any atom is 0.250 e. The molecule has 2 heterocycles. The lowest BCUT2D eigenvalue weighted by Gasteiger charge is -2.27. The number of anilines is 4. The van der Waals surface area contributed by atoms with E-state index in [0.29, 0.717) is 72.6 Å². The molecule has 0 aliphatic carbocycles. The topological polar surface area (TPSA) is 106 Å². The second-order valence-electron chi connectivity index (χ2n) is 9.48. The fraction of sp³-hybridized carbons (Fsp3) is 0.267. The molecule has 1 aliphatic heterocycles. The van der Waals surface area contributed by atoms with Crippen LogP contribution in [-0.4, -0.2) is 54.1 Å². The molecule has 1 fully saturated rings. The number of benzene rings is 3. The lowest BCUT2D eigenvalue weighted by molar-refractivity contribution is 0.122. The maximum atomic E-state index is 14.0. The van der Waals surface area contributed by atoms with E-state index in [-0.39, 0.29) is 18.4 Å². The average molecular weight is 671 g/mol. The molecular formula is C30H30BrClFN7O3. The molecule has 0 bridgehead atoms. The average Bonchev–Trinajstić information content (AvgIpc) is 3.01. The second-order valence-corrected chi connectivity index (χ2v) is 10.7. The summed E-state index contributed by atoms with van der Waals surface area (Å²) in [6.07, 6.45) is 1.62. The van der Waals surface area contributed by atoms with Gasteiger partial charge in [-0.1, -0.05) is 29.8 Å². The summed E-state index contributed by atoms with van der Waals surface area (Å²) in [4.78, 5) is 15.7. The molecule has 10 nitrogen and oxygen atoms in total. The van der Waals surface area contributed by atoms with Gasteiger partial charge in [0.1, 0.15) is 12.4 Å². The summed E-state index contributed by atoms with van der Waals surface area (Å²) in [5.41, 5.74) is 5.77. The molecule has 3 aromatic carbocycles. The van der Waals surface area contributed by atoms with E-state index in [4.69, 9.17) is 25.8 Å². The molecule has 13 heteroatoms. The van der Waals surface area contributed by atoms with Crippen LogP contribution in [0.1, 0.15) is 23.6 Å². The van der Waals surface area contributed by atoms with Crippen LogP contribution in [-0.2, 0) is 11.3 Å². The van der Waals surface area contributed by atoms with Gasteiger partial charge in [0.05, 0.1) is 31.7 Å². The van der Waals surface area contributed by atoms with Crippen LogP contribution in [0.15, 0.2) is 64.2 Å². The van der Waals surface area contributed by atoms with Crippen molar-refractivity contribution in [1.29, 1.82) is 0 Å². The number of ether oxygens (including phenoxy) is 3. The molecule has 0 atom stereocenters. The van der Waals surface area contributed by atoms with Crippen molar-refractivity contribution in [2.75, 3.05) is 48.6 Å². The summed E-state index contributed by atoms with van der Waals surface area (Å²) in [5, 5.41) is 8.19. The van der Waals surface area contributed by atoms with Gasteiger partial charge < -0.3 is 24.4 Å². The summed E-state index contributed by atoms with van der Waals surface area (Å²) < 4.78 is 32.0. The van der Waals surface area contributed by atoms with Gasteiger partial charge in [-0.15, -0.1) is 0 Å². The monoisotopic (exact) mass is 669 g/mol. The minimum atomic E-state index is -0.320. The summed E-state index contributed by atoms with van der Waals surface area (Å²) in [5.74, 6) is 1.76. The van der Waals surface area contributed by atoms with Gasteiger partial charge in [0.25, 0.3) is 0 Å². The highest BCUT2D eigenvalue weighted by molar-refractivity contribution is 9.10. The number of morpholine rings is 1. The molecule has 0 saturated carbocycles. The highest BCUT2D eigenvalue weighted by atomic mass is 79.9. The minimum Gasteiger partial charge on any atom is -0.490 e. The summed E-state index contributed by atoms with van der Waals surface area (Å²) >= 11 is 9.93. The predicted molar refractivity (Wildman–Crippen MR) is 170 cm³/mol. The van der Waals surface area contributed by atoms with Gasteiger partial charge in [-0.05, 0) is 77.3 Å².